The first-order valence-electron chi connectivity index (χ1n) is 10.3. The van der Waals surface area contributed by atoms with E-state index in [1.807, 2.05) is 30.3 Å². The lowest BCUT2D eigenvalue weighted by Gasteiger charge is -2.10. The van der Waals surface area contributed by atoms with E-state index in [1.165, 1.54) is 25.5 Å². The molecule has 12 heteroatoms. The predicted octanol–water partition coefficient (Wildman–Crippen LogP) is 4.43. The number of benzene rings is 3. The maximum absolute atomic E-state index is 10.9. The highest BCUT2D eigenvalue weighted by Gasteiger charge is 2.10. The van der Waals surface area contributed by atoms with Gasteiger partial charge >= 0.3 is 0 Å². The highest BCUT2D eigenvalue weighted by atomic mass is 16.6. The second-order valence-corrected chi connectivity index (χ2v) is 6.99. The maximum atomic E-state index is 10.9. The van der Waals surface area contributed by atoms with Gasteiger partial charge in [0, 0.05) is 29.1 Å². The number of para-hydroxylation sites is 2. The molecule has 0 radical (unpaired) electrons. The molecule has 3 aromatic carbocycles. The first kappa shape index (κ1) is 22.9. The molecular weight excluding hydrogens is 452 g/mol. The van der Waals surface area contributed by atoms with E-state index >= 15 is 0 Å². The molecule has 0 aliphatic carbocycles. The summed E-state index contributed by atoms with van der Waals surface area (Å²) in [4.78, 5) is 23.4. The van der Waals surface area contributed by atoms with Crippen molar-refractivity contribution in [3.8, 4) is 11.5 Å². The van der Waals surface area contributed by atoms with Crippen molar-refractivity contribution in [3.05, 3.63) is 88.5 Å². The molecule has 0 unspecified atom stereocenters. The third-order valence-corrected chi connectivity index (χ3v) is 4.62. The first-order valence-corrected chi connectivity index (χ1v) is 10.3. The molecule has 0 saturated heterocycles. The van der Waals surface area contributed by atoms with Gasteiger partial charge < -0.3 is 20.5 Å². The molecule has 1 heterocycles. The van der Waals surface area contributed by atoms with Gasteiger partial charge in [-0.15, -0.1) is 0 Å². The Labute approximate surface area is 199 Å². The molecule has 0 fully saturated rings. The van der Waals surface area contributed by atoms with E-state index in [2.05, 4.69) is 36.1 Å². The van der Waals surface area contributed by atoms with Crippen LogP contribution < -0.4 is 20.8 Å². The zero-order valence-corrected chi connectivity index (χ0v) is 18.4. The summed E-state index contributed by atoms with van der Waals surface area (Å²) in [6.45, 7) is 0. The van der Waals surface area contributed by atoms with Crippen LogP contribution in [0.2, 0.25) is 0 Å². The fourth-order valence-electron chi connectivity index (χ4n) is 2.95. The van der Waals surface area contributed by atoms with Gasteiger partial charge in [-0.05, 0) is 36.4 Å². The molecule has 35 heavy (non-hydrogen) atoms. The summed E-state index contributed by atoms with van der Waals surface area (Å²) < 4.78 is 5.10. The van der Waals surface area contributed by atoms with Crippen molar-refractivity contribution in [3.63, 3.8) is 0 Å². The minimum atomic E-state index is -0.477. The van der Waals surface area contributed by atoms with E-state index in [4.69, 9.17) is 4.74 Å². The van der Waals surface area contributed by atoms with E-state index in [9.17, 15) is 15.2 Å². The molecule has 12 nitrogen and oxygen atoms in total. The van der Waals surface area contributed by atoms with E-state index in [-0.39, 0.29) is 29.3 Å². The Kier molecular flexibility index (Phi) is 6.92. The molecule has 176 valence electrons. The number of anilines is 5. The molecule has 0 spiro atoms. The lowest BCUT2D eigenvalue weighted by Crippen LogP contribution is -2.07. The Morgan fingerprint density at radius 1 is 0.886 bits per heavy atom. The van der Waals surface area contributed by atoms with Gasteiger partial charge in [-0.1, -0.05) is 24.3 Å². The standard InChI is InChI=1S/C23H20N8O4/c1-35-19-9-5-6-15(20(19)32)14-24-30-23-28-21(25-16-7-3-2-4-8-16)27-22(29-23)26-17-10-12-18(13-11-17)31(33)34/h2-14,32H,1H3,(H3,25,26,27,28,29,30). The fraction of sp³-hybridized carbons (Fsp3) is 0.0435. The van der Waals surface area contributed by atoms with Crippen LogP contribution in [0.25, 0.3) is 0 Å². The van der Waals surface area contributed by atoms with Crippen molar-refractivity contribution < 1.29 is 14.8 Å². The van der Waals surface area contributed by atoms with E-state index in [0.717, 1.165) is 5.69 Å². The number of nitro benzene ring substituents is 1. The van der Waals surface area contributed by atoms with Crippen molar-refractivity contribution in [1.29, 1.82) is 0 Å². The summed E-state index contributed by atoms with van der Waals surface area (Å²) >= 11 is 0. The zero-order chi connectivity index (χ0) is 24.6. The number of ether oxygens (including phenoxy) is 1. The number of aromatic nitrogens is 3. The molecule has 1 aromatic heterocycles. The molecule has 0 bridgehead atoms. The van der Waals surface area contributed by atoms with Gasteiger partial charge in [-0.25, -0.2) is 5.43 Å². The number of phenols is 1. The normalized spacial score (nSPS) is 10.7. The van der Waals surface area contributed by atoms with Crippen molar-refractivity contribution in [2.75, 3.05) is 23.2 Å². The van der Waals surface area contributed by atoms with Crippen molar-refractivity contribution in [1.82, 2.24) is 15.0 Å². The monoisotopic (exact) mass is 472 g/mol. The molecule has 0 amide bonds. The van der Waals surface area contributed by atoms with Crippen LogP contribution in [-0.2, 0) is 0 Å². The smallest absolute Gasteiger partial charge is 0.269 e. The van der Waals surface area contributed by atoms with Crippen LogP contribution in [0.5, 0.6) is 11.5 Å². The Morgan fingerprint density at radius 2 is 1.51 bits per heavy atom. The third-order valence-electron chi connectivity index (χ3n) is 4.62. The minimum absolute atomic E-state index is 0.0323. The number of phenolic OH excluding ortho intramolecular Hbond substituents is 1. The molecule has 0 atom stereocenters. The second-order valence-electron chi connectivity index (χ2n) is 6.99. The SMILES string of the molecule is COc1cccc(C=NNc2nc(Nc3ccccc3)nc(Nc3ccc([N+](=O)[O-])cc3)n2)c1O. The Morgan fingerprint density at radius 3 is 2.14 bits per heavy atom. The number of hydrogen-bond acceptors (Lipinski definition) is 11. The number of non-ortho nitro benzene ring substituents is 1. The Hall–Kier alpha value is -5.26. The van der Waals surface area contributed by atoms with Gasteiger partial charge in [-0.3, -0.25) is 10.1 Å². The summed E-state index contributed by atoms with van der Waals surface area (Å²) in [6.07, 6.45) is 1.40. The summed E-state index contributed by atoms with van der Waals surface area (Å²) in [5.41, 5.74) is 4.42. The number of rotatable bonds is 9. The fourth-order valence-corrected chi connectivity index (χ4v) is 2.95. The highest BCUT2D eigenvalue weighted by Crippen LogP contribution is 2.28. The van der Waals surface area contributed by atoms with Crippen LogP contribution in [0.4, 0.5) is 34.9 Å². The van der Waals surface area contributed by atoms with E-state index in [1.54, 1.807) is 30.3 Å². The van der Waals surface area contributed by atoms with Crippen LogP contribution in [0.15, 0.2) is 77.9 Å². The highest BCUT2D eigenvalue weighted by molar-refractivity contribution is 5.85. The second kappa shape index (κ2) is 10.6. The van der Waals surface area contributed by atoms with Crippen LogP contribution in [-0.4, -0.2) is 38.3 Å². The number of aromatic hydroxyl groups is 1. The predicted molar refractivity (Wildman–Crippen MR) is 132 cm³/mol. The van der Waals surface area contributed by atoms with E-state index in [0.29, 0.717) is 17.0 Å². The van der Waals surface area contributed by atoms with Crippen LogP contribution >= 0.6 is 0 Å². The topological polar surface area (TPSA) is 160 Å². The maximum Gasteiger partial charge on any atom is 0.269 e. The zero-order valence-electron chi connectivity index (χ0n) is 18.4. The number of nitrogens with zero attached hydrogens (tertiary/aromatic N) is 5. The van der Waals surface area contributed by atoms with Gasteiger partial charge in [0.15, 0.2) is 11.5 Å². The lowest BCUT2D eigenvalue weighted by molar-refractivity contribution is -0.384. The van der Waals surface area contributed by atoms with Crippen LogP contribution in [0, 0.1) is 10.1 Å². The van der Waals surface area contributed by atoms with Gasteiger partial charge in [-0.2, -0.15) is 20.1 Å². The average Bonchev–Trinajstić information content (AvgIpc) is 2.86. The molecular formula is C23H20N8O4. The molecule has 4 rings (SSSR count). The first-order chi connectivity index (χ1) is 17.0. The Bertz CT molecular complexity index is 1350. The molecule has 4 aromatic rings. The largest absolute Gasteiger partial charge is 0.504 e. The molecule has 0 aliphatic heterocycles. The third kappa shape index (κ3) is 5.96. The van der Waals surface area contributed by atoms with Gasteiger partial charge in [0.05, 0.1) is 18.2 Å². The summed E-state index contributed by atoms with van der Waals surface area (Å²) in [5, 5.41) is 31.3. The van der Waals surface area contributed by atoms with Crippen molar-refractivity contribution in [2.45, 2.75) is 0 Å². The summed E-state index contributed by atoms with van der Waals surface area (Å²) in [7, 11) is 1.46. The Balaban J connectivity index is 1.58. The van der Waals surface area contributed by atoms with Crippen LogP contribution in [0.1, 0.15) is 5.56 Å². The van der Waals surface area contributed by atoms with Crippen LogP contribution in [0.3, 0.4) is 0 Å². The molecule has 0 aliphatic rings. The number of nitro groups is 1. The van der Waals surface area contributed by atoms with E-state index < -0.39 is 4.92 Å². The minimum Gasteiger partial charge on any atom is -0.504 e. The van der Waals surface area contributed by atoms with Gasteiger partial charge in [0.1, 0.15) is 0 Å². The molecule has 4 N–H and O–H groups in total. The summed E-state index contributed by atoms with van der Waals surface area (Å²) in [5.74, 6) is 0.787. The number of methoxy groups -OCH3 is 1. The lowest BCUT2D eigenvalue weighted by atomic mass is 10.2. The van der Waals surface area contributed by atoms with Gasteiger partial charge in [0.25, 0.3) is 5.69 Å². The quantitative estimate of drug-likeness (QED) is 0.156. The average molecular weight is 472 g/mol. The number of nitrogens with one attached hydrogen (secondary N) is 3. The van der Waals surface area contributed by atoms with Gasteiger partial charge in [0.2, 0.25) is 17.8 Å². The number of hydrogen-bond donors (Lipinski definition) is 4. The molecule has 0 saturated carbocycles. The summed E-state index contributed by atoms with van der Waals surface area (Å²) in [6, 6.07) is 20.2. The number of hydrazone groups is 1. The van der Waals surface area contributed by atoms with Crippen molar-refractivity contribution >= 4 is 41.1 Å². The van der Waals surface area contributed by atoms with Crippen molar-refractivity contribution in [2.24, 2.45) is 5.10 Å².